The molecule has 2 N–H and O–H groups in total. The van der Waals surface area contributed by atoms with Crippen LogP contribution in [0.15, 0.2) is 12.7 Å². The Labute approximate surface area is 117 Å². The van der Waals surface area contributed by atoms with Crippen LogP contribution in [0.25, 0.3) is 11.2 Å². The highest BCUT2D eigenvalue weighted by Gasteiger charge is 2.28. The molecule has 2 saturated carbocycles. The molecule has 0 saturated heterocycles. The van der Waals surface area contributed by atoms with Crippen molar-refractivity contribution >= 4 is 17.0 Å². The molecule has 106 valence electrons. The molecule has 2 aliphatic carbocycles. The number of aromatic nitrogens is 4. The minimum absolute atomic E-state index is 0.0768. The number of aliphatic hydroxyl groups is 1. The zero-order valence-corrected chi connectivity index (χ0v) is 11.4. The minimum atomic E-state index is -0.292. The number of anilines is 1. The normalized spacial score (nSPS) is 26.9. The molecule has 2 aromatic rings. The van der Waals surface area contributed by atoms with E-state index in [2.05, 4.69) is 24.8 Å². The van der Waals surface area contributed by atoms with E-state index >= 15 is 0 Å². The van der Waals surface area contributed by atoms with Gasteiger partial charge < -0.3 is 15.0 Å². The number of rotatable bonds is 3. The summed E-state index contributed by atoms with van der Waals surface area (Å²) in [7, 11) is 0. The smallest absolute Gasteiger partial charge is 0.165 e. The monoisotopic (exact) mass is 273 g/mol. The molecular weight excluding hydrogens is 254 g/mol. The molecule has 2 fully saturated rings. The summed E-state index contributed by atoms with van der Waals surface area (Å²) in [6.07, 6.45) is 9.67. The molecule has 0 aliphatic heterocycles. The quantitative estimate of drug-likeness (QED) is 0.893. The first-order valence-corrected chi connectivity index (χ1v) is 7.45. The van der Waals surface area contributed by atoms with Gasteiger partial charge in [-0.05, 0) is 25.7 Å². The van der Waals surface area contributed by atoms with Gasteiger partial charge in [-0.15, -0.1) is 0 Å². The molecule has 0 aromatic carbocycles. The van der Waals surface area contributed by atoms with Gasteiger partial charge in [0, 0.05) is 6.04 Å². The third-order valence-electron chi connectivity index (χ3n) is 4.35. The van der Waals surface area contributed by atoms with Gasteiger partial charge in [-0.25, -0.2) is 15.0 Å². The summed E-state index contributed by atoms with van der Waals surface area (Å²) in [5, 5.41) is 13.4. The summed E-state index contributed by atoms with van der Waals surface area (Å²) >= 11 is 0. The second-order valence-corrected chi connectivity index (χ2v) is 5.88. The highest BCUT2D eigenvalue weighted by molar-refractivity contribution is 5.83. The predicted molar refractivity (Wildman–Crippen MR) is 75.5 cm³/mol. The minimum Gasteiger partial charge on any atom is -0.391 e. The van der Waals surface area contributed by atoms with Crippen molar-refractivity contribution in [2.75, 3.05) is 5.32 Å². The van der Waals surface area contributed by atoms with E-state index in [9.17, 15) is 5.11 Å². The number of aliphatic hydroxyl groups excluding tert-OH is 1. The van der Waals surface area contributed by atoms with Crippen molar-refractivity contribution in [1.82, 2.24) is 19.5 Å². The van der Waals surface area contributed by atoms with Gasteiger partial charge in [-0.1, -0.05) is 12.8 Å². The van der Waals surface area contributed by atoms with Gasteiger partial charge in [0.05, 0.1) is 18.5 Å². The van der Waals surface area contributed by atoms with Gasteiger partial charge >= 0.3 is 0 Å². The van der Waals surface area contributed by atoms with Gasteiger partial charge in [0.1, 0.15) is 11.8 Å². The Bertz CT molecular complexity index is 621. The van der Waals surface area contributed by atoms with Gasteiger partial charge in [-0.3, -0.25) is 0 Å². The third kappa shape index (κ3) is 2.04. The number of fused-ring (bicyclic) bond motifs is 1. The zero-order chi connectivity index (χ0) is 13.5. The Morgan fingerprint density at radius 2 is 1.95 bits per heavy atom. The summed E-state index contributed by atoms with van der Waals surface area (Å²) in [5.74, 6) is 0.750. The number of nitrogens with zero attached hydrogens (tertiary/aromatic N) is 4. The molecule has 6 nitrogen and oxygen atoms in total. The Hall–Kier alpha value is -1.69. The van der Waals surface area contributed by atoms with E-state index < -0.39 is 0 Å². The molecule has 6 heteroatoms. The van der Waals surface area contributed by atoms with Crippen molar-refractivity contribution in [3.05, 3.63) is 12.7 Å². The molecule has 4 rings (SSSR count). The Morgan fingerprint density at radius 1 is 1.10 bits per heavy atom. The van der Waals surface area contributed by atoms with Crippen molar-refractivity contribution in [3.8, 4) is 0 Å². The fraction of sp³-hybridized carbons (Fsp3) is 0.643. The largest absolute Gasteiger partial charge is 0.391 e. The van der Waals surface area contributed by atoms with Crippen LogP contribution in [0.4, 0.5) is 5.82 Å². The SMILES string of the molecule is O[C@@H]1CCCC[C@H]1Nc1ncnc2c1ncn2C1CC1. The van der Waals surface area contributed by atoms with Crippen LogP contribution >= 0.6 is 0 Å². The summed E-state index contributed by atoms with van der Waals surface area (Å²) in [6.45, 7) is 0. The second-order valence-electron chi connectivity index (χ2n) is 5.88. The number of imidazole rings is 1. The lowest BCUT2D eigenvalue weighted by Gasteiger charge is -2.28. The summed E-state index contributed by atoms with van der Waals surface area (Å²) in [4.78, 5) is 13.1. The molecule has 0 amide bonds. The van der Waals surface area contributed by atoms with E-state index in [0.717, 1.165) is 42.7 Å². The van der Waals surface area contributed by atoms with Crippen LogP contribution in [-0.2, 0) is 0 Å². The maximum Gasteiger partial charge on any atom is 0.165 e. The maximum atomic E-state index is 10.1. The maximum absolute atomic E-state index is 10.1. The molecule has 0 bridgehead atoms. The second kappa shape index (κ2) is 4.70. The van der Waals surface area contributed by atoms with E-state index in [4.69, 9.17) is 0 Å². The van der Waals surface area contributed by atoms with E-state index in [0.29, 0.717) is 6.04 Å². The summed E-state index contributed by atoms with van der Waals surface area (Å²) in [6, 6.07) is 0.635. The standard InChI is InChI=1S/C14H19N5O/c20-11-4-2-1-3-10(11)18-13-12-14(16-7-15-13)19(8-17-12)9-5-6-9/h7-11,20H,1-6H2,(H,15,16,18)/t10-,11-/m1/s1. The first-order chi connectivity index (χ1) is 9.83. The topological polar surface area (TPSA) is 75.9 Å². The number of nitrogens with one attached hydrogen (secondary N) is 1. The molecule has 2 atom stereocenters. The van der Waals surface area contributed by atoms with Crippen molar-refractivity contribution in [2.24, 2.45) is 0 Å². The number of hydrogen-bond donors (Lipinski definition) is 2. The fourth-order valence-corrected chi connectivity index (χ4v) is 3.03. The molecular formula is C14H19N5O. The fourth-order valence-electron chi connectivity index (χ4n) is 3.03. The van der Waals surface area contributed by atoms with Gasteiger partial charge in [0.15, 0.2) is 11.5 Å². The molecule has 2 heterocycles. The van der Waals surface area contributed by atoms with Crippen LogP contribution in [0, 0.1) is 0 Å². The van der Waals surface area contributed by atoms with Crippen molar-refractivity contribution in [3.63, 3.8) is 0 Å². The predicted octanol–water partition coefficient (Wildman–Crippen LogP) is 1.88. The van der Waals surface area contributed by atoms with Crippen LogP contribution < -0.4 is 5.32 Å². The van der Waals surface area contributed by atoms with Crippen LogP contribution in [0.2, 0.25) is 0 Å². The molecule has 20 heavy (non-hydrogen) atoms. The van der Waals surface area contributed by atoms with Crippen LogP contribution in [0.1, 0.15) is 44.6 Å². The van der Waals surface area contributed by atoms with Gasteiger partial charge in [-0.2, -0.15) is 0 Å². The highest BCUT2D eigenvalue weighted by Crippen LogP contribution is 2.37. The van der Waals surface area contributed by atoms with Crippen molar-refractivity contribution in [1.29, 1.82) is 0 Å². The van der Waals surface area contributed by atoms with Gasteiger partial charge in [0.2, 0.25) is 0 Å². The third-order valence-corrected chi connectivity index (χ3v) is 4.35. The number of hydrogen-bond acceptors (Lipinski definition) is 5. The highest BCUT2D eigenvalue weighted by atomic mass is 16.3. The van der Waals surface area contributed by atoms with Crippen molar-refractivity contribution < 1.29 is 5.11 Å². The van der Waals surface area contributed by atoms with Crippen LogP contribution in [-0.4, -0.2) is 36.8 Å². The van der Waals surface area contributed by atoms with Crippen LogP contribution in [0.5, 0.6) is 0 Å². The van der Waals surface area contributed by atoms with E-state index in [1.165, 1.54) is 12.8 Å². The Balaban J connectivity index is 1.65. The first kappa shape index (κ1) is 12.1. The lowest BCUT2D eigenvalue weighted by atomic mass is 9.92. The summed E-state index contributed by atoms with van der Waals surface area (Å²) < 4.78 is 2.14. The first-order valence-electron chi connectivity index (χ1n) is 7.45. The Morgan fingerprint density at radius 3 is 2.75 bits per heavy atom. The zero-order valence-electron chi connectivity index (χ0n) is 11.4. The summed E-state index contributed by atoms with van der Waals surface area (Å²) in [5.41, 5.74) is 1.72. The molecule has 2 aromatic heterocycles. The van der Waals surface area contributed by atoms with Crippen LogP contribution in [0.3, 0.4) is 0 Å². The molecule has 0 radical (unpaired) electrons. The van der Waals surface area contributed by atoms with Gasteiger partial charge in [0.25, 0.3) is 0 Å². The average Bonchev–Trinajstić information content (AvgIpc) is 3.21. The average molecular weight is 273 g/mol. The Kier molecular flexibility index (Phi) is 2.84. The van der Waals surface area contributed by atoms with Crippen molar-refractivity contribution in [2.45, 2.75) is 56.7 Å². The molecule has 2 aliphatic rings. The lowest BCUT2D eigenvalue weighted by Crippen LogP contribution is -2.36. The van der Waals surface area contributed by atoms with E-state index in [-0.39, 0.29) is 12.1 Å². The lowest BCUT2D eigenvalue weighted by molar-refractivity contribution is 0.116. The van der Waals surface area contributed by atoms with E-state index in [1.54, 1.807) is 6.33 Å². The van der Waals surface area contributed by atoms with E-state index in [1.807, 2.05) is 6.33 Å². The molecule has 0 unspecified atom stereocenters. The molecule has 0 spiro atoms.